The molecule has 0 aliphatic carbocycles. The van der Waals surface area contributed by atoms with Crippen LogP contribution in [0.1, 0.15) is 10.8 Å². The molecular weight excluding hydrogens is 302 g/mol. The van der Waals surface area contributed by atoms with Crippen LogP contribution in [0.25, 0.3) is 4.96 Å². The zero-order valence-corrected chi connectivity index (χ0v) is 9.51. The summed E-state index contributed by atoms with van der Waals surface area (Å²) in [6, 6.07) is 0. The van der Waals surface area contributed by atoms with Gasteiger partial charge in [-0.3, -0.25) is 0 Å². The standard InChI is InChI=1S/C7H4F6N4OS/c8-6(9,10)2(18)1-3-16-17-4(7(11,12)13)14-15-5(17)19-3/h2,18H,1H2. The highest BCUT2D eigenvalue weighted by molar-refractivity contribution is 7.16. The predicted octanol–water partition coefficient (Wildman–Crippen LogP) is 1.67. The van der Waals surface area contributed by atoms with Crippen molar-refractivity contribution in [2.45, 2.75) is 24.9 Å². The molecule has 0 aromatic carbocycles. The van der Waals surface area contributed by atoms with E-state index in [0.717, 1.165) is 0 Å². The lowest BCUT2D eigenvalue weighted by molar-refractivity contribution is -0.203. The topological polar surface area (TPSA) is 63.3 Å². The third-order valence-electron chi connectivity index (χ3n) is 2.03. The maximum atomic E-state index is 12.4. The van der Waals surface area contributed by atoms with Gasteiger partial charge in [0.2, 0.25) is 4.96 Å². The van der Waals surface area contributed by atoms with E-state index in [1.54, 1.807) is 0 Å². The Bertz CT molecular complexity index is 586. The molecule has 2 heterocycles. The molecule has 2 aromatic rings. The molecule has 2 rings (SSSR count). The fourth-order valence-corrected chi connectivity index (χ4v) is 2.07. The highest BCUT2D eigenvalue weighted by Gasteiger charge is 2.40. The van der Waals surface area contributed by atoms with Crippen LogP contribution < -0.4 is 0 Å². The molecule has 106 valence electrons. The predicted molar refractivity (Wildman–Crippen MR) is 49.4 cm³/mol. The Balaban J connectivity index is 2.31. The molecule has 0 amide bonds. The number of hydrogen-bond donors (Lipinski definition) is 1. The molecule has 0 saturated heterocycles. The summed E-state index contributed by atoms with van der Waals surface area (Å²) in [7, 11) is 0. The average Bonchev–Trinajstić information content (AvgIpc) is 2.72. The van der Waals surface area contributed by atoms with Crippen molar-refractivity contribution in [1.29, 1.82) is 0 Å². The molecule has 0 bridgehead atoms. The Morgan fingerprint density at radius 1 is 1.16 bits per heavy atom. The van der Waals surface area contributed by atoms with Gasteiger partial charge in [0.15, 0.2) is 6.10 Å². The normalized spacial score (nSPS) is 15.1. The van der Waals surface area contributed by atoms with E-state index in [1.165, 1.54) is 0 Å². The number of hydrogen-bond acceptors (Lipinski definition) is 5. The van der Waals surface area contributed by atoms with Gasteiger partial charge in [-0.2, -0.15) is 36.0 Å². The fourth-order valence-electron chi connectivity index (χ4n) is 1.20. The number of aliphatic hydroxyl groups excluding tert-OH is 1. The molecule has 0 aliphatic heterocycles. The van der Waals surface area contributed by atoms with Crippen molar-refractivity contribution in [2.75, 3.05) is 0 Å². The number of aromatic nitrogens is 4. The Morgan fingerprint density at radius 2 is 1.79 bits per heavy atom. The summed E-state index contributed by atoms with van der Waals surface area (Å²) in [5.74, 6) is -1.42. The first-order valence-electron chi connectivity index (χ1n) is 4.62. The van der Waals surface area contributed by atoms with E-state index in [-0.39, 0.29) is 9.97 Å². The van der Waals surface area contributed by atoms with Crippen molar-refractivity contribution < 1.29 is 31.4 Å². The minimum Gasteiger partial charge on any atom is -0.383 e. The van der Waals surface area contributed by atoms with Crippen molar-refractivity contribution in [2.24, 2.45) is 0 Å². The fraction of sp³-hybridized carbons (Fsp3) is 0.571. The van der Waals surface area contributed by atoms with E-state index in [4.69, 9.17) is 5.11 Å². The van der Waals surface area contributed by atoms with Gasteiger partial charge in [-0.15, -0.1) is 10.2 Å². The van der Waals surface area contributed by atoms with Gasteiger partial charge in [0.05, 0.1) is 0 Å². The van der Waals surface area contributed by atoms with E-state index in [9.17, 15) is 26.3 Å². The zero-order chi connectivity index (χ0) is 14.4. The Kier molecular flexibility index (Phi) is 3.16. The van der Waals surface area contributed by atoms with Gasteiger partial charge >= 0.3 is 12.4 Å². The van der Waals surface area contributed by atoms with Crippen LogP contribution in [0, 0.1) is 0 Å². The Hall–Kier alpha value is -1.43. The van der Waals surface area contributed by atoms with Crippen LogP contribution in [0.15, 0.2) is 0 Å². The van der Waals surface area contributed by atoms with E-state index < -0.39 is 30.7 Å². The quantitative estimate of drug-likeness (QED) is 0.857. The van der Waals surface area contributed by atoms with Crippen molar-refractivity contribution >= 4 is 16.3 Å². The number of halogens is 6. The molecule has 5 nitrogen and oxygen atoms in total. The average molecular weight is 306 g/mol. The molecular formula is C7H4F6N4OS. The molecule has 12 heteroatoms. The second kappa shape index (κ2) is 4.30. The zero-order valence-electron chi connectivity index (χ0n) is 8.70. The van der Waals surface area contributed by atoms with Crippen LogP contribution in [0.5, 0.6) is 0 Å². The van der Waals surface area contributed by atoms with Crippen LogP contribution in [-0.4, -0.2) is 37.2 Å². The summed E-state index contributed by atoms with van der Waals surface area (Å²) in [6.45, 7) is 0. The summed E-state index contributed by atoms with van der Waals surface area (Å²) in [5.41, 5.74) is 0. The first-order chi connectivity index (χ1) is 8.59. The number of rotatable bonds is 2. The third kappa shape index (κ3) is 2.78. The summed E-state index contributed by atoms with van der Waals surface area (Å²) in [5, 5.41) is 17.8. The summed E-state index contributed by atoms with van der Waals surface area (Å²) >= 11 is 0.497. The number of alkyl halides is 6. The summed E-state index contributed by atoms with van der Waals surface area (Å²) < 4.78 is 73.9. The van der Waals surface area contributed by atoms with Gasteiger partial charge in [-0.1, -0.05) is 11.3 Å². The van der Waals surface area contributed by atoms with Crippen LogP contribution in [-0.2, 0) is 12.6 Å². The molecule has 0 spiro atoms. The van der Waals surface area contributed by atoms with E-state index >= 15 is 0 Å². The maximum Gasteiger partial charge on any atom is 0.453 e. The number of aliphatic hydroxyl groups is 1. The van der Waals surface area contributed by atoms with Crippen molar-refractivity contribution in [3.63, 3.8) is 0 Å². The van der Waals surface area contributed by atoms with Gasteiger partial charge < -0.3 is 5.11 Å². The number of fused-ring (bicyclic) bond motifs is 1. The minimum absolute atomic E-state index is 0.295. The molecule has 0 radical (unpaired) electrons. The lowest BCUT2D eigenvalue weighted by Crippen LogP contribution is -2.30. The SMILES string of the molecule is OC(Cc1nn2c(C(F)(F)F)nnc2s1)C(F)(F)F. The first-order valence-corrected chi connectivity index (χ1v) is 5.44. The molecule has 0 fully saturated rings. The van der Waals surface area contributed by atoms with Crippen molar-refractivity contribution in [3.8, 4) is 0 Å². The first kappa shape index (κ1) is 14.0. The second-order valence-electron chi connectivity index (χ2n) is 3.47. The smallest absolute Gasteiger partial charge is 0.383 e. The lowest BCUT2D eigenvalue weighted by Gasteiger charge is -2.12. The van der Waals surface area contributed by atoms with Crippen molar-refractivity contribution in [3.05, 3.63) is 10.8 Å². The summed E-state index contributed by atoms with van der Waals surface area (Å²) in [6.07, 6.45) is -13.3. The minimum atomic E-state index is -4.86. The second-order valence-corrected chi connectivity index (χ2v) is 4.51. The third-order valence-corrected chi connectivity index (χ3v) is 2.95. The molecule has 2 aromatic heterocycles. The highest BCUT2D eigenvalue weighted by atomic mass is 32.1. The van der Waals surface area contributed by atoms with Gasteiger partial charge in [0, 0.05) is 6.42 Å². The molecule has 1 atom stereocenters. The van der Waals surface area contributed by atoms with E-state index in [0.29, 0.717) is 15.9 Å². The lowest BCUT2D eigenvalue weighted by atomic mass is 10.2. The summed E-state index contributed by atoms with van der Waals surface area (Å²) in [4.78, 5) is -0.295. The van der Waals surface area contributed by atoms with E-state index in [2.05, 4.69) is 15.3 Å². The highest BCUT2D eigenvalue weighted by Crippen LogP contribution is 2.30. The maximum absolute atomic E-state index is 12.4. The largest absolute Gasteiger partial charge is 0.453 e. The molecule has 1 N–H and O–H groups in total. The molecule has 0 aliphatic rings. The molecule has 0 saturated carbocycles. The van der Waals surface area contributed by atoms with Crippen LogP contribution in [0.4, 0.5) is 26.3 Å². The van der Waals surface area contributed by atoms with Crippen LogP contribution >= 0.6 is 11.3 Å². The Labute approximate surface area is 104 Å². The van der Waals surface area contributed by atoms with E-state index in [1.807, 2.05) is 0 Å². The molecule has 1 unspecified atom stereocenters. The number of nitrogens with zero attached hydrogens (tertiary/aromatic N) is 4. The Morgan fingerprint density at radius 3 is 2.32 bits per heavy atom. The van der Waals surface area contributed by atoms with Gasteiger partial charge in [-0.25, -0.2) is 0 Å². The monoisotopic (exact) mass is 306 g/mol. The van der Waals surface area contributed by atoms with Crippen LogP contribution in [0.2, 0.25) is 0 Å². The van der Waals surface area contributed by atoms with Crippen molar-refractivity contribution in [1.82, 2.24) is 19.8 Å². The van der Waals surface area contributed by atoms with Gasteiger partial charge in [-0.05, 0) is 0 Å². The molecule has 19 heavy (non-hydrogen) atoms. The van der Waals surface area contributed by atoms with Gasteiger partial charge in [0.25, 0.3) is 5.82 Å². The van der Waals surface area contributed by atoms with Gasteiger partial charge in [0.1, 0.15) is 5.01 Å². The van der Waals surface area contributed by atoms with Crippen LogP contribution in [0.3, 0.4) is 0 Å².